The van der Waals surface area contributed by atoms with Crippen LogP contribution in [0.3, 0.4) is 0 Å². The van der Waals surface area contributed by atoms with Crippen molar-refractivity contribution in [3.05, 3.63) is 23.9 Å². The summed E-state index contributed by atoms with van der Waals surface area (Å²) in [6.07, 6.45) is 0. The lowest BCUT2D eigenvalue weighted by Crippen LogP contribution is -2.25. The molecule has 0 aliphatic rings. The van der Waals surface area contributed by atoms with Crippen LogP contribution in [0.1, 0.15) is 10.5 Å². The molecule has 0 bridgehead atoms. The van der Waals surface area contributed by atoms with E-state index in [9.17, 15) is 14.7 Å². The Kier molecular flexibility index (Phi) is 2.12. The number of phenols is 1. The van der Waals surface area contributed by atoms with Gasteiger partial charge < -0.3 is 10.8 Å². The summed E-state index contributed by atoms with van der Waals surface area (Å²) < 4.78 is 1.27. The van der Waals surface area contributed by atoms with Gasteiger partial charge in [0.25, 0.3) is 11.7 Å². The number of carbonyl (C=O) groups is 2. The number of carbonyl (C=O) groups excluding carboxylic acids is 2. The Hall–Kier alpha value is -2.37. The van der Waals surface area contributed by atoms with Gasteiger partial charge in [0.15, 0.2) is 0 Å². The second-order valence-corrected chi connectivity index (χ2v) is 3.37. The molecule has 2 aromatic rings. The van der Waals surface area contributed by atoms with E-state index >= 15 is 0 Å². The molecule has 6 nitrogen and oxygen atoms in total. The number of aromatic nitrogens is 2. The van der Waals surface area contributed by atoms with Gasteiger partial charge in [0.1, 0.15) is 11.4 Å². The van der Waals surface area contributed by atoms with Gasteiger partial charge in [0.05, 0.1) is 5.52 Å². The van der Waals surface area contributed by atoms with E-state index in [4.69, 9.17) is 5.73 Å². The number of Topliss-reactive ketones (excluding diaryl/α,β-unsaturated/α-hetero) is 1. The Morgan fingerprint density at radius 2 is 2.12 bits per heavy atom. The molecule has 1 aromatic carbocycles. The van der Waals surface area contributed by atoms with Gasteiger partial charge in [0, 0.05) is 12.4 Å². The number of phenolic OH excluding ortho intramolecular Hbond substituents is 1. The zero-order valence-electron chi connectivity index (χ0n) is 8.47. The summed E-state index contributed by atoms with van der Waals surface area (Å²) in [5.74, 6) is -1.87. The van der Waals surface area contributed by atoms with Gasteiger partial charge in [-0.1, -0.05) is 0 Å². The Morgan fingerprint density at radius 1 is 1.44 bits per heavy atom. The molecule has 82 valence electrons. The average Bonchev–Trinajstić information content (AvgIpc) is 2.52. The van der Waals surface area contributed by atoms with Crippen LogP contribution in [0.15, 0.2) is 18.2 Å². The van der Waals surface area contributed by atoms with E-state index < -0.39 is 11.7 Å². The van der Waals surface area contributed by atoms with Gasteiger partial charge in [-0.25, -0.2) is 0 Å². The summed E-state index contributed by atoms with van der Waals surface area (Å²) in [6.45, 7) is 0. The molecule has 0 saturated carbocycles. The molecule has 0 aliphatic heterocycles. The number of hydrogen-bond acceptors (Lipinski definition) is 4. The maximum absolute atomic E-state index is 11.5. The third kappa shape index (κ3) is 1.40. The quantitative estimate of drug-likeness (QED) is 0.546. The van der Waals surface area contributed by atoms with Crippen molar-refractivity contribution < 1.29 is 14.7 Å². The van der Waals surface area contributed by atoms with Crippen LogP contribution in [0.5, 0.6) is 5.75 Å². The Bertz CT molecular complexity index is 601. The van der Waals surface area contributed by atoms with Crippen LogP contribution in [-0.2, 0) is 11.8 Å². The fourth-order valence-electron chi connectivity index (χ4n) is 1.57. The van der Waals surface area contributed by atoms with Crippen LogP contribution in [0.2, 0.25) is 0 Å². The van der Waals surface area contributed by atoms with Crippen LogP contribution >= 0.6 is 0 Å². The molecular weight excluding hydrogens is 210 g/mol. The van der Waals surface area contributed by atoms with E-state index in [1.54, 1.807) is 6.07 Å². The Morgan fingerprint density at radius 3 is 2.75 bits per heavy atom. The highest BCUT2D eigenvalue weighted by Crippen LogP contribution is 2.22. The number of rotatable bonds is 2. The zero-order chi connectivity index (χ0) is 11.9. The molecule has 0 fully saturated rings. The van der Waals surface area contributed by atoms with Crippen molar-refractivity contribution in [3.8, 4) is 5.75 Å². The molecular formula is C10H9N3O3. The smallest absolute Gasteiger partial charge is 0.291 e. The minimum absolute atomic E-state index is 0.000907. The number of hydrogen-bond donors (Lipinski definition) is 2. The van der Waals surface area contributed by atoms with Crippen LogP contribution < -0.4 is 5.73 Å². The summed E-state index contributed by atoms with van der Waals surface area (Å²) in [5.41, 5.74) is 5.53. The first kappa shape index (κ1) is 10.2. The minimum atomic E-state index is -1.05. The van der Waals surface area contributed by atoms with Crippen molar-refractivity contribution in [1.82, 2.24) is 9.78 Å². The highest BCUT2D eigenvalue weighted by Gasteiger charge is 2.21. The number of primary amides is 1. The first-order valence-electron chi connectivity index (χ1n) is 4.50. The number of ketones is 1. The van der Waals surface area contributed by atoms with Gasteiger partial charge in [0.2, 0.25) is 0 Å². The van der Waals surface area contributed by atoms with E-state index in [1.807, 2.05) is 0 Å². The lowest BCUT2D eigenvalue weighted by Gasteiger charge is -1.97. The van der Waals surface area contributed by atoms with Crippen molar-refractivity contribution in [2.24, 2.45) is 12.8 Å². The molecule has 3 N–H and O–H groups in total. The number of amides is 1. The van der Waals surface area contributed by atoms with E-state index in [-0.39, 0.29) is 11.4 Å². The van der Waals surface area contributed by atoms with Crippen molar-refractivity contribution >= 4 is 22.6 Å². The molecule has 0 aliphatic carbocycles. The highest BCUT2D eigenvalue weighted by atomic mass is 16.3. The van der Waals surface area contributed by atoms with Gasteiger partial charge >= 0.3 is 0 Å². The zero-order valence-corrected chi connectivity index (χ0v) is 8.47. The predicted octanol–water partition coefficient (Wildman–Crippen LogP) is -0.0531. The third-order valence-corrected chi connectivity index (χ3v) is 2.26. The number of fused-ring (bicyclic) bond motifs is 1. The van der Waals surface area contributed by atoms with Crippen LogP contribution in [0.25, 0.3) is 10.9 Å². The molecule has 0 saturated heterocycles. The van der Waals surface area contributed by atoms with Crippen LogP contribution in [0, 0.1) is 0 Å². The van der Waals surface area contributed by atoms with E-state index in [2.05, 4.69) is 5.10 Å². The standard InChI is InChI=1S/C10H9N3O3/c1-13-8(9(15)10(11)16)6-4-5(14)2-3-7(6)12-13/h2-4,14H,1H3,(H2,11,16). The van der Waals surface area contributed by atoms with Crippen molar-refractivity contribution in [1.29, 1.82) is 0 Å². The summed E-state index contributed by atoms with van der Waals surface area (Å²) >= 11 is 0. The first-order valence-corrected chi connectivity index (χ1v) is 4.50. The summed E-state index contributed by atoms with van der Waals surface area (Å²) in [6, 6.07) is 4.38. The van der Waals surface area contributed by atoms with Crippen molar-refractivity contribution in [3.63, 3.8) is 0 Å². The largest absolute Gasteiger partial charge is 0.508 e. The molecule has 0 radical (unpaired) electrons. The Balaban J connectivity index is 2.77. The van der Waals surface area contributed by atoms with Crippen molar-refractivity contribution in [2.75, 3.05) is 0 Å². The molecule has 0 atom stereocenters. The number of nitrogens with zero attached hydrogens (tertiary/aromatic N) is 2. The maximum atomic E-state index is 11.5. The minimum Gasteiger partial charge on any atom is -0.508 e. The van der Waals surface area contributed by atoms with Crippen molar-refractivity contribution in [2.45, 2.75) is 0 Å². The van der Waals surface area contributed by atoms with Gasteiger partial charge in [-0.3, -0.25) is 14.3 Å². The fourth-order valence-corrected chi connectivity index (χ4v) is 1.57. The third-order valence-electron chi connectivity index (χ3n) is 2.26. The van der Waals surface area contributed by atoms with Gasteiger partial charge in [-0.2, -0.15) is 5.10 Å². The summed E-state index contributed by atoms with van der Waals surface area (Å²) in [7, 11) is 1.53. The summed E-state index contributed by atoms with van der Waals surface area (Å²) in [4.78, 5) is 22.4. The van der Waals surface area contributed by atoms with Crippen LogP contribution in [-0.4, -0.2) is 26.6 Å². The highest BCUT2D eigenvalue weighted by molar-refractivity contribution is 6.43. The number of nitrogens with two attached hydrogens (primary N) is 1. The second kappa shape index (κ2) is 3.34. The molecule has 1 aromatic heterocycles. The number of aromatic hydroxyl groups is 1. The number of aryl methyl sites for hydroxylation is 1. The lowest BCUT2D eigenvalue weighted by atomic mass is 10.1. The molecule has 2 rings (SSSR count). The first-order chi connectivity index (χ1) is 7.50. The fraction of sp³-hybridized carbons (Fsp3) is 0.100. The maximum Gasteiger partial charge on any atom is 0.291 e. The molecule has 1 amide bonds. The normalized spacial score (nSPS) is 10.6. The molecule has 0 unspecified atom stereocenters. The lowest BCUT2D eigenvalue weighted by molar-refractivity contribution is -0.114. The van der Waals surface area contributed by atoms with Crippen LogP contribution in [0.4, 0.5) is 0 Å². The monoisotopic (exact) mass is 219 g/mol. The van der Waals surface area contributed by atoms with E-state index in [0.717, 1.165) is 0 Å². The molecule has 0 spiro atoms. The molecule has 6 heteroatoms. The van der Waals surface area contributed by atoms with Gasteiger partial charge in [-0.15, -0.1) is 0 Å². The topological polar surface area (TPSA) is 98.2 Å². The van der Waals surface area contributed by atoms with E-state index in [0.29, 0.717) is 10.9 Å². The van der Waals surface area contributed by atoms with Gasteiger partial charge in [-0.05, 0) is 18.2 Å². The van der Waals surface area contributed by atoms with E-state index in [1.165, 1.54) is 23.9 Å². The molecule has 16 heavy (non-hydrogen) atoms. The summed E-state index contributed by atoms with van der Waals surface area (Å²) in [5, 5.41) is 13.8. The predicted molar refractivity (Wildman–Crippen MR) is 55.9 cm³/mol. The Labute approximate surface area is 90.3 Å². The molecule has 1 heterocycles. The average molecular weight is 219 g/mol. The SMILES string of the molecule is Cn1nc2ccc(O)cc2c1C(=O)C(N)=O. The number of benzene rings is 1. The second-order valence-electron chi connectivity index (χ2n) is 3.37.